The number of nitrogens with two attached hydrogens (primary N) is 1. The molecule has 0 aliphatic rings. The molecule has 0 aromatic rings. The molecule has 18 heavy (non-hydrogen) atoms. The van der Waals surface area contributed by atoms with Crippen molar-refractivity contribution in [2.24, 2.45) is 17.1 Å². The molecule has 4 nitrogen and oxygen atoms in total. The molecule has 0 bridgehead atoms. The van der Waals surface area contributed by atoms with Gasteiger partial charge in [0.2, 0.25) is 5.91 Å². The van der Waals surface area contributed by atoms with Gasteiger partial charge in [0, 0.05) is 35.4 Å². The van der Waals surface area contributed by atoms with E-state index in [4.69, 9.17) is 5.73 Å². The highest BCUT2D eigenvalue weighted by molar-refractivity contribution is 7.84. The molecule has 0 spiro atoms. The Kier molecular flexibility index (Phi) is 7.71. The average molecular weight is 276 g/mol. The standard InChI is InChI=1S/C13H28N2O2S/c1-10(18(5)17)6-7-15-12(16)11(9-14)8-13(2,3)4/h10-11H,6-9,14H2,1-5H3,(H,15,16). The lowest BCUT2D eigenvalue weighted by atomic mass is 9.84. The van der Waals surface area contributed by atoms with Crippen molar-refractivity contribution in [2.45, 2.75) is 45.8 Å². The van der Waals surface area contributed by atoms with E-state index in [-0.39, 0.29) is 22.5 Å². The van der Waals surface area contributed by atoms with E-state index < -0.39 is 10.8 Å². The molecule has 3 atom stereocenters. The first-order chi connectivity index (χ1) is 8.17. The van der Waals surface area contributed by atoms with Crippen LogP contribution in [0.5, 0.6) is 0 Å². The Morgan fingerprint density at radius 1 is 1.39 bits per heavy atom. The third-order valence-corrected chi connectivity index (χ3v) is 4.30. The number of rotatable bonds is 7. The van der Waals surface area contributed by atoms with Crippen LogP contribution in [0.15, 0.2) is 0 Å². The summed E-state index contributed by atoms with van der Waals surface area (Å²) < 4.78 is 11.2. The Bertz CT molecular complexity index is 287. The molecule has 108 valence electrons. The molecule has 0 aliphatic heterocycles. The first-order valence-corrected chi connectivity index (χ1v) is 8.09. The van der Waals surface area contributed by atoms with Crippen molar-refractivity contribution in [1.82, 2.24) is 5.32 Å². The van der Waals surface area contributed by atoms with Gasteiger partial charge in [-0.25, -0.2) is 0 Å². The molecule has 0 aromatic heterocycles. The van der Waals surface area contributed by atoms with Crippen molar-refractivity contribution < 1.29 is 9.00 Å². The number of carbonyl (C=O) groups excluding carboxylic acids is 1. The SMILES string of the molecule is CC(CCNC(=O)C(CN)CC(C)(C)C)S(C)=O. The Morgan fingerprint density at radius 3 is 2.33 bits per heavy atom. The Hall–Kier alpha value is -0.420. The monoisotopic (exact) mass is 276 g/mol. The van der Waals surface area contributed by atoms with Gasteiger partial charge in [-0.3, -0.25) is 9.00 Å². The minimum atomic E-state index is -0.829. The van der Waals surface area contributed by atoms with Crippen molar-refractivity contribution in [2.75, 3.05) is 19.3 Å². The molecular weight excluding hydrogens is 248 g/mol. The number of amides is 1. The number of nitrogens with one attached hydrogen (secondary N) is 1. The van der Waals surface area contributed by atoms with E-state index in [9.17, 15) is 9.00 Å². The summed E-state index contributed by atoms with van der Waals surface area (Å²) in [7, 11) is -0.829. The fourth-order valence-corrected chi connectivity index (χ4v) is 2.18. The van der Waals surface area contributed by atoms with Crippen molar-refractivity contribution in [3.05, 3.63) is 0 Å². The van der Waals surface area contributed by atoms with Crippen LogP contribution in [0.3, 0.4) is 0 Å². The van der Waals surface area contributed by atoms with Crippen LogP contribution in [0.25, 0.3) is 0 Å². The second-order valence-corrected chi connectivity index (χ2v) is 7.89. The average Bonchev–Trinajstić information content (AvgIpc) is 2.23. The van der Waals surface area contributed by atoms with E-state index in [2.05, 4.69) is 26.1 Å². The zero-order valence-electron chi connectivity index (χ0n) is 12.3. The smallest absolute Gasteiger partial charge is 0.224 e. The maximum absolute atomic E-state index is 11.9. The van der Waals surface area contributed by atoms with Gasteiger partial charge >= 0.3 is 0 Å². The van der Waals surface area contributed by atoms with E-state index >= 15 is 0 Å². The van der Waals surface area contributed by atoms with Crippen LogP contribution in [0, 0.1) is 11.3 Å². The predicted octanol–water partition coefficient (Wildman–Crippen LogP) is 1.27. The van der Waals surface area contributed by atoms with E-state index in [1.165, 1.54) is 0 Å². The lowest BCUT2D eigenvalue weighted by Gasteiger charge is -2.24. The molecule has 3 N–H and O–H groups in total. The van der Waals surface area contributed by atoms with Crippen molar-refractivity contribution in [1.29, 1.82) is 0 Å². The molecule has 0 fully saturated rings. The van der Waals surface area contributed by atoms with Crippen molar-refractivity contribution in [3.8, 4) is 0 Å². The molecule has 0 heterocycles. The van der Waals surface area contributed by atoms with Gasteiger partial charge in [-0.1, -0.05) is 27.7 Å². The highest BCUT2D eigenvalue weighted by Crippen LogP contribution is 2.23. The molecule has 0 radical (unpaired) electrons. The van der Waals surface area contributed by atoms with Gasteiger partial charge in [0.05, 0.1) is 5.92 Å². The summed E-state index contributed by atoms with van der Waals surface area (Å²) in [6.07, 6.45) is 3.21. The quantitative estimate of drug-likeness (QED) is 0.735. The minimum Gasteiger partial charge on any atom is -0.356 e. The number of hydrogen-bond donors (Lipinski definition) is 2. The molecule has 5 heteroatoms. The van der Waals surface area contributed by atoms with Gasteiger partial charge in [0.1, 0.15) is 0 Å². The van der Waals surface area contributed by atoms with Gasteiger partial charge < -0.3 is 11.1 Å². The summed E-state index contributed by atoms with van der Waals surface area (Å²) in [6.45, 7) is 9.18. The van der Waals surface area contributed by atoms with Gasteiger partial charge in [-0.15, -0.1) is 0 Å². The molecule has 0 saturated carbocycles. The lowest BCUT2D eigenvalue weighted by molar-refractivity contribution is -0.125. The first kappa shape index (κ1) is 17.6. The molecule has 0 aliphatic carbocycles. The van der Waals surface area contributed by atoms with Gasteiger partial charge in [0.25, 0.3) is 0 Å². The minimum absolute atomic E-state index is 0.0153. The molecule has 3 unspecified atom stereocenters. The van der Waals surface area contributed by atoms with E-state index in [1.807, 2.05) is 6.92 Å². The maximum Gasteiger partial charge on any atom is 0.224 e. The summed E-state index contributed by atoms with van der Waals surface area (Å²) >= 11 is 0. The van der Waals surface area contributed by atoms with Crippen LogP contribution in [0.4, 0.5) is 0 Å². The molecule has 0 aromatic carbocycles. The van der Waals surface area contributed by atoms with E-state index in [0.717, 1.165) is 12.8 Å². The third kappa shape index (κ3) is 7.82. The van der Waals surface area contributed by atoms with Gasteiger partial charge in [0.15, 0.2) is 0 Å². The van der Waals surface area contributed by atoms with E-state index in [0.29, 0.717) is 13.1 Å². The first-order valence-electron chi connectivity index (χ1n) is 6.47. The molecular formula is C13H28N2O2S. The zero-order valence-corrected chi connectivity index (χ0v) is 13.1. The summed E-state index contributed by atoms with van der Waals surface area (Å²) in [5.74, 6) is -0.117. The predicted molar refractivity (Wildman–Crippen MR) is 77.8 cm³/mol. The Balaban J connectivity index is 4.10. The normalized spacial score (nSPS) is 17.0. The highest BCUT2D eigenvalue weighted by Gasteiger charge is 2.23. The molecule has 0 rings (SSSR count). The van der Waals surface area contributed by atoms with Crippen LogP contribution in [-0.2, 0) is 15.6 Å². The van der Waals surface area contributed by atoms with Gasteiger partial charge in [-0.2, -0.15) is 0 Å². The van der Waals surface area contributed by atoms with Crippen LogP contribution < -0.4 is 11.1 Å². The Labute approximate surface area is 114 Å². The summed E-state index contributed by atoms with van der Waals surface area (Å²) in [6, 6.07) is 0. The number of carbonyl (C=O) groups is 1. The highest BCUT2D eigenvalue weighted by atomic mass is 32.2. The number of hydrogen-bond acceptors (Lipinski definition) is 3. The van der Waals surface area contributed by atoms with Crippen molar-refractivity contribution >= 4 is 16.7 Å². The molecule has 1 amide bonds. The second kappa shape index (κ2) is 7.89. The van der Waals surface area contributed by atoms with Crippen LogP contribution in [0.1, 0.15) is 40.5 Å². The topological polar surface area (TPSA) is 72.2 Å². The largest absolute Gasteiger partial charge is 0.356 e. The lowest BCUT2D eigenvalue weighted by Crippen LogP contribution is -2.38. The van der Waals surface area contributed by atoms with Gasteiger partial charge in [-0.05, 0) is 18.3 Å². The fourth-order valence-electron chi connectivity index (χ4n) is 1.73. The summed E-state index contributed by atoms with van der Waals surface area (Å²) in [5, 5.41) is 3.00. The maximum atomic E-state index is 11.9. The zero-order chi connectivity index (χ0) is 14.3. The third-order valence-electron chi connectivity index (χ3n) is 2.93. The summed E-state index contributed by atoms with van der Waals surface area (Å²) in [5.41, 5.74) is 5.75. The molecule has 0 saturated heterocycles. The van der Waals surface area contributed by atoms with E-state index in [1.54, 1.807) is 6.26 Å². The van der Waals surface area contributed by atoms with Crippen LogP contribution in [0.2, 0.25) is 0 Å². The second-order valence-electron chi connectivity index (χ2n) is 6.09. The van der Waals surface area contributed by atoms with Crippen LogP contribution in [-0.4, -0.2) is 34.7 Å². The summed E-state index contributed by atoms with van der Waals surface area (Å²) in [4.78, 5) is 11.9. The fraction of sp³-hybridized carbons (Fsp3) is 0.923. The van der Waals surface area contributed by atoms with Crippen LogP contribution >= 0.6 is 0 Å². The Morgan fingerprint density at radius 2 is 1.94 bits per heavy atom. The van der Waals surface area contributed by atoms with Crippen molar-refractivity contribution in [3.63, 3.8) is 0 Å².